The van der Waals surface area contributed by atoms with E-state index in [-0.39, 0.29) is 17.2 Å². The van der Waals surface area contributed by atoms with Gasteiger partial charge in [-0.3, -0.25) is 20.4 Å². The summed E-state index contributed by atoms with van der Waals surface area (Å²) in [6.07, 6.45) is 0. The molecule has 23 heavy (non-hydrogen) atoms. The summed E-state index contributed by atoms with van der Waals surface area (Å²) in [7, 11) is 0. The smallest absolute Gasteiger partial charge is 0.269 e. The van der Waals surface area contributed by atoms with Gasteiger partial charge in [-0.05, 0) is 42.3 Å². The maximum atomic E-state index is 12.8. The lowest BCUT2D eigenvalue weighted by molar-refractivity contribution is -0.119. The highest BCUT2D eigenvalue weighted by Crippen LogP contribution is 2.15. The number of aryl methyl sites for hydroxylation is 1. The maximum absolute atomic E-state index is 12.8. The van der Waals surface area contributed by atoms with E-state index in [1.54, 1.807) is 0 Å². The number of benzene rings is 2. The largest absolute Gasteiger partial charge is 0.272 e. The van der Waals surface area contributed by atoms with Crippen molar-refractivity contribution in [1.82, 2.24) is 10.9 Å². The fourth-order valence-electron chi connectivity index (χ4n) is 1.86. The lowest BCUT2D eigenvalue weighted by Gasteiger charge is -2.08. The minimum absolute atomic E-state index is 0.234. The van der Waals surface area contributed by atoms with E-state index in [0.29, 0.717) is 0 Å². The Labute approximate surface area is 138 Å². The van der Waals surface area contributed by atoms with Crippen molar-refractivity contribution in [3.05, 3.63) is 71.0 Å². The van der Waals surface area contributed by atoms with Gasteiger partial charge in [-0.2, -0.15) is 0 Å². The van der Waals surface area contributed by atoms with E-state index in [0.717, 1.165) is 5.75 Å². The third kappa shape index (κ3) is 5.41. The summed E-state index contributed by atoms with van der Waals surface area (Å²) < 4.78 is 12.8. The Bertz CT molecular complexity index is 689. The summed E-state index contributed by atoms with van der Waals surface area (Å²) in [5.41, 5.74) is 7.29. The number of hydrazine groups is 1. The molecule has 0 spiro atoms. The monoisotopic (exact) mass is 332 g/mol. The van der Waals surface area contributed by atoms with Gasteiger partial charge in [-0.1, -0.05) is 24.3 Å². The summed E-state index contributed by atoms with van der Waals surface area (Å²) in [6, 6.07) is 13.1. The highest BCUT2D eigenvalue weighted by Gasteiger charge is 2.08. The lowest BCUT2D eigenvalue weighted by Crippen LogP contribution is -2.42. The van der Waals surface area contributed by atoms with E-state index in [4.69, 9.17) is 0 Å². The topological polar surface area (TPSA) is 58.2 Å². The van der Waals surface area contributed by atoms with Crippen LogP contribution in [0.25, 0.3) is 0 Å². The van der Waals surface area contributed by atoms with Gasteiger partial charge in [0.2, 0.25) is 5.91 Å². The Hall–Kier alpha value is -2.34. The summed E-state index contributed by atoms with van der Waals surface area (Å²) >= 11 is 1.47. The van der Waals surface area contributed by atoms with Crippen molar-refractivity contribution in [1.29, 1.82) is 0 Å². The van der Waals surface area contributed by atoms with Crippen LogP contribution in [0.4, 0.5) is 4.39 Å². The molecule has 0 heterocycles. The van der Waals surface area contributed by atoms with Crippen molar-refractivity contribution in [2.45, 2.75) is 12.7 Å². The molecule has 6 heteroatoms. The summed E-state index contributed by atoms with van der Waals surface area (Å²) in [6.45, 7) is 2.03. The van der Waals surface area contributed by atoms with Crippen LogP contribution in [-0.2, 0) is 10.5 Å². The minimum atomic E-state index is -0.484. The number of carbonyl (C=O) groups excluding carboxylic acids is 2. The predicted molar refractivity (Wildman–Crippen MR) is 89.3 cm³/mol. The Morgan fingerprint density at radius 2 is 1.74 bits per heavy atom. The van der Waals surface area contributed by atoms with Gasteiger partial charge in [-0.15, -0.1) is 11.8 Å². The molecule has 0 aliphatic carbocycles. The fraction of sp³-hybridized carbons (Fsp3) is 0.176. The third-order valence-electron chi connectivity index (χ3n) is 3.17. The zero-order valence-electron chi connectivity index (χ0n) is 12.6. The summed E-state index contributed by atoms with van der Waals surface area (Å²) in [5.74, 6) is -0.233. The number of hydrogen-bond donors (Lipinski definition) is 2. The zero-order valence-corrected chi connectivity index (χ0v) is 13.5. The SMILES string of the molecule is Cc1ccccc1CSCC(=O)NNC(=O)c1ccc(F)cc1. The molecule has 2 amide bonds. The van der Waals surface area contributed by atoms with Crippen LogP contribution in [-0.4, -0.2) is 17.6 Å². The molecule has 0 bridgehead atoms. The first-order chi connectivity index (χ1) is 11.1. The minimum Gasteiger partial charge on any atom is -0.272 e. The van der Waals surface area contributed by atoms with Crippen LogP contribution in [0.15, 0.2) is 48.5 Å². The van der Waals surface area contributed by atoms with Crippen LogP contribution in [0.1, 0.15) is 21.5 Å². The van der Waals surface area contributed by atoms with Crippen LogP contribution in [0.5, 0.6) is 0 Å². The molecule has 0 radical (unpaired) electrons. The number of carbonyl (C=O) groups is 2. The second-order valence-electron chi connectivity index (χ2n) is 4.93. The van der Waals surface area contributed by atoms with Gasteiger partial charge in [0.1, 0.15) is 5.82 Å². The average Bonchev–Trinajstić information content (AvgIpc) is 2.55. The molecule has 0 saturated heterocycles. The van der Waals surface area contributed by atoms with Gasteiger partial charge < -0.3 is 0 Å². The van der Waals surface area contributed by atoms with Crippen molar-refractivity contribution in [3.8, 4) is 0 Å². The lowest BCUT2D eigenvalue weighted by atomic mass is 10.1. The van der Waals surface area contributed by atoms with E-state index in [9.17, 15) is 14.0 Å². The molecule has 120 valence electrons. The van der Waals surface area contributed by atoms with Gasteiger partial charge in [0, 0.05) is 11.3 Å². The number of rotatable bonds is 5. The molecule has 0 unspecified atom stereocenters. The van der Waals surface area contributed by atoms with E-state index in [1.807, 2.05) is 31.2 Å². The Kier molecular flexibility index (Phi) is 6.17. The Morgan fingerprint density at radius 3 is 2.43 bits per heavy atom. The van der Waals surface area contributed by atoms with Crippen molar-refractivity contribution < 1.29 is 14.0 Å². The zero-order chi connectivity index (χ0) is 16.7. The molecular formula is C17H17FN2O2S. The van der Waals surface area contributed by atoms with E-state index in [2.05, 4.69) is 10.9 Å². The standard InChI is InChI=1S/C17H17FN2O2S/c1-12-4-2-3-5-14(12)10-23-11-16(21)19-20-17(22)13-6-8-15(18)9-7-13/h2-9H,10-11H2,1H3,(H,19,21)(H,20,22). The Morgan fingerprint density at radius 1 is 1.04 bits per heavy atom. The second kappa shape index (κ2) is 8.33. The molecule has 0 fully saturated rings. The van der Waals surface area contributed by atoms with Crippen LogP contribution in [0.2, 0.25) is 0 Å². The third-order valence-corrected chi connectivity index (χ3v) is 4.16. The normalized spacial score (nSPS) is 10.2. The van der Waals surface area contributed by atoms with Crippen molar-refractivity contribution in [3.63, 3.8) is 0 Å². The highest BCUT2D eigenvalue weighted by molar-refractivity contribution is 7.99. The molecule has 0 atom stereocenters. The molecule has 2 N–H and O–H groups in total. The maximum Gasteiger partial charge on any atom is 0.269 e. The number of nitrogens with one attached hydrogen (secondary N) is 2. The average molecular weight is 332 g/mol. The molecule has 0 saturated carbocycles. The molecule has 4 nitrogen and oxygen atoms in total. The van der Waals surface area contributed by atoms with Crippen LogP contribution >= 0.6 is 11.8 Å². The predicted octanol–water partition coefficient (Wildman–Crippen LogP) is 2.83. The molecule has 0 aliphatic rings. The summed E-state index contributed by atoms with van der Waals surface area (Å²) in [4.78, 5) is 23.4. The van der Waals surface area contributed by atoms with E-state index >= 15 is 0 Å². The second-order valence-corrected chi connectivity index (χ2v) is 5.91. The highest BCUT2D eigenvalue weighted by atomic mass is 32.2. The van der Waals surface area contributed by atoms with Gasteiger partial charge in [-0.25, -0.2) is 4.39 Å². The van der Waals surface area contributed by atoms with E-state index < -0.39 is 11.7 Å². The van der Waals surface area contributed by atoms with Gasteiger partial charge >= 0.3 is 0 Å². The molecule has 0 aromatic heterocycles. The number of amides is 2. The molecule has 2 rings (SSSR count). The summed E-state index contributed by atoms with van der Waals surface area (Å²) in [5, 5.41) is 0. The number of halogens is 1. The first-order valence-electron chi connectivity index (χ1n) is 7.03. The fourth-order valence-corrected chi connectivity index (χ4v) is 2.77. The molecular weight excluding hydrogens is 315 g/mol. The van der Waals surface area contributed by atoms with Crippen LogP contribution < -0.4 is 10.9 Å². The molecule has 2 aromatic rings. The quantitative estimate of drug-likeness (QED) is 0.828. The van der Waals surface area contributed by atoms with Crippen LogP contribution in [0, 0.1) is 12.7 Å². The van der Waals surface area contributed by atoms with Crippen molar-refractivity contribution in [2.24, 2.45) is 0 Å². The molecule has 0 aliphatic heterocycles. The molecule has 2 aromatic carbocycles. The van der Waals surface area contributed by atoms with Gasteiger partial charge in [0.15, 0.2) is 0 Å². The van der Waals surface area contributed by atoms with E-state index in [1.165, 1.54) is 47.2 Å². The first kappa shape index (κ1) is 17.0. The van der Waals surface area contributed by atoms with Gasteiger partial charge in [0.25, 0.3) is 5.91 Å². The van der Waals surface area contributed by atoms with Crippen molar-refractivity contribution >= 4 is 23.6 Å². The Balaban J connectivity index is 1.72. The van der Waals surface area contributed by atoms with Crippen molar-refractivity contribution in [2.75, 3.05) is 5.75 Å². The van der Waals surface area contributed by atoms with Gasteiger partial charge in [0.05, 0.1) is 5.75 Å². The van der Waals surface area contributed by atoms with Crippen LogP contribution in [0.3, 0.4) is 0 Å². The number of thioether (sulfide) groups is 1. The number of hydrogen-bond acceptors (Lipinski definition) is 3. The first-order valence-corrected chi connectivity index (χ1v) is 8.19.